The number of rotatable bonds is 17. The Balaban J connectivity index is 1.35. The molecule has 0 saturated heterocycles. The van der Waals surface area contributed by atoms with Gasteiger partial charge in [-0.2, -0.15) is 52.6 Å². The molecule has 0 radical (unpaired) electrons. The molecule has 0 fully saturated rings. The first kappa shape index (κ1) is 60.2. The molecule has 0 spiro atoms. The second-order valence-electron chi connectivity index (χ2n) is 16.6. The predicted octanol–water partition coefficient (Wildman–Crippen LogP) is 10.7. The van der Waals surface area contributed by atoms with Gasteiger partial charge >= 0.3 is 0 Å². The third-order valence-corrected chi connectivity index (χ3v) is 18.9. The van der Waals surface area contributed by atoms with Crippen LogP contribution in [-0.2, 0) is 60.6 Å². The van der Waals surface area contributed by atoms with Crippen LogP contribution >= 0.6 is 34.5 Å². The molecule has 8 aromatic rings. The van der Waals surface area contributed by atoms with Crippen molar-refractivity contribution >= 4 is 156 Å². The molecule has 0 aliphatic carbocycles. The number of sulfonamides is 1. The second-order valence-corrected chi connectivity index (χ2v) is 27.1. The Morgan fingerprint density at radius 2 is 1.05 bits per heavy atom. The van der Waals surface area contributed by atoms with Crippen LogP contribution in [0.25, 0.3) is 21.9 Å². The normalized spacial score (nSPS) is 12.6. The minimum atomic E-state index is -5.47. The number of azo groups is 2. The van der Waals surface area contributed by atoms with Crippen LogP contribution in [0.3, 0.4) is 0 Å². The summed E-state index contributed by atoms with van der Waals surface area (Å²) in [5, 5.41) is 40.8. The number of hydrogen-bond acceptors (Lipinski definition) is 22. The van der Waals surface area contributed by atoms with Crippen molar-refractivity contribution in [1.29, 1.82) is 10.5 Å². The molecule has 8 N–H and O–H groups in total. The second kappa shape index (κ2) is 22.4. The first-order valence-corrected chi connectivity index (χ1v) is 32.1. The van der Waals surface area contributed by atoms with Crippen LogP contribution in [0.5, 0.6) is 0 Å². The van der Waals surface area contributed by atoms with Gasteiger partial charge in [0.25, 0.3) is 60.6 Å². The molecular weight excluding hydrogens is 1260 g/mol. The number of pyridine rings is 1. The molecule has 422 valence electrons. The Hall–Kier alpha value is -7.91. The number of nitrogens with zero attached hydrogens (tertiary/aromatic N) is 7. The minimum absolute atomic E-state index is 0.0270. The van der Waals surface area contributed by atoms with Gasteiger partial charge in [-0.15, -0.1) is 20.5 Å². The highest BCUT2D eigenvalue weighted by molar-refractivity contribution is 7.92. The number of nitriles is 2. The lowest BCUT2D eigenvalue weighted by Crippen LogP contribution is -2.12. The van der Waals surface area contributed by atoms with Crippen molar-refractivity contribution in [2.75, 3.05) is 15.4 Å². The van der Waals surface area contributed by atoms with Crippen LogP contribution in [0.2, 0.25) is 10.0 Å². The smallest absolute Gasteiger partial charge is 0.296 e. The van der Waals surface area contributed by atoms with Gasteiger partial charge in [0.05, 0.1) is 31.1 Å². The van der Waals surface area contributed by atoms with Gasteiger partial charge in [-0.05, 0) is 97.4 Å². The number of benzene rings is 6. The molecule has 27 nitrogen and oxygen atoms in total. The van der Waals surface area contributed by atoms with E-state index in [0.717, 1.165) is 30.3 Å². The molecule has 82 heavy (non-hydrogen) atoms. The maximum atomic E-state index is 13.4. The first-order valence-electron chi connectivity index (χ1n) is 21.8. The Kier molecular flexibility index (Phi) is 16.5. The van der Waals surface area contributed by atoms with Gasteiger partial charge in [0.15, 0.2) is 16.6 Å². The molecule has 8 rings (SSSR count). The highest BCUT2D eigenvalue weighted by Gasteiger charge is 2.28. The summed E-state index contributed by atoms with van der Waals surface area (Å²) >= 11 is 12.6. The lowest BCUT2D eigenvalue weighted by atomic mass is 10.0. The quantitative estimate of drug-likeness (QED) is 0.0310. The van der Waals surface area contributed by atoms with Crippen molar-refractivity contribution in [3.05, 3.63) is 142 Å². The van der Waals surface area contributed by atoms with E-state index in [9.17, 15) is 83.8 Å². The number of anilines is 5. The van der Waals surface area contributed by atoms with Crippen molar-refractivity contribution in [2.45, 2.75) is 36.3 Å². The van der Waals surface area contributed by atoms with Crippen molar-refractivity contribution in [3.63, 3.8) is 0 Å². The molecular formula is C46H30Cl2N10O17S7. The SMILES string of the molecule is Cc1c(C#N)c(Nc2ccc(Cl)c(S(=O)(=O)O)c2)nc(Nc2ccc(Cl)c(S(=O)(=O)O)c2)c1N=Nc1sc(/N=N/c2cc(S(=O)(=O)O)c3cc(S(=O)(=O)O)cc(S(=O)(=O)O)c3c2)c(-c2cccc(NS(=O)(=O)c3ccccc3)c2)c1C#N. The highest BCUT2D eigenvalue weighted by Crippen LogP contribution is 2.50. The van der Waals surface area contributed by atoms with E-state index in [1.54, 1.807) is 6.07 Å². The number of nitrogens with one attached hydrogen (secondary N) is 3. The van der Waals surface area contributed by atoms with Crippen molar-refractivity contribution in [3.8, 4) is 23.3 Å². The minimum Gasteiger partial charge on any atom is -0.339 e. The van der Waals surface area contributed by atoms with Gasteiger partial charge < -0.3 is 10.6 Å². The third-order valence-electron chi connectivity index (χ3n) is 11.2. The van der Waals surface area contributed by atoms with Crippen LogP contribution in [0, 0.1) is 29.6 Å². The third kappa shape index (κ3) is 13.0. The zero-order valence-electron chi connectivity index (χ0n) is 40.3. The molecule has 0 aliphatic heterocycles. The average molecular weight is 1290 g/mol. The zero-order valence-corrected chi connectivity index (χ0v) is 47.6. The maximum Gasteiger partial charge on any atom is 0.296 e. The fraction of sp³-hybridized carbons (Fsp3) is 0.0217. The van der Waals surface area contributed by atoms with Crippen molar-refractivity contribution < 1.29 is 73.3 Å². The highest BCUT2D eigenvalue weighted by atomic mass is 35.5. The molecule has 0 aliphatic rings. The van der Waals surface area contributed by atoms with Gasteiger partial charge in [0.2, 0.25) is 0 Å². The van der Waals surface area contributed by atoms with Gasteiger partial charge in [0, 0.05) is 39.0 Å². The summed E-state index contributed by atoms with van der Waals surface area (Å²) in [6.45, 7) is 1.34. The summed E-state index contributed by atoms with van der Waals surface area (Å²) in [5.41, 5.74) is -2.10. The molecule has 0 saturated carbocycles. The molecule has 6 aromatic carbocycles. The van der Waals surface area contributed by atoms with Gasteiger partial charge in [0.1, 0.15) is 48.0 Å². The average Bonchev–Trinajstić information content (AvgIpc) is 3.90. The van der Waals surface area contributed by atoms with Crippen molar-refractivity contribution in [1.82, 2.24) is 4.98 Å². The summed E-state index contributed by atoms with van der Waals surface area (Å²) in [6.07, 6.45) is 0. The van der Waals surface area contributed by atoms with Gasteiger partial charge in [-0.25, -0.2) is 13.4 Å². The summed E-state index contributed by atoms with van der Waals surface area (Å²) in [5.74, 6) is -0.674. The topological polar surface area (TPSA) is 452 Å². The number of halogens is 2. The van der Waals surface area contributed by atoms with E-state index in [1.807, 2.05) is 12.1 Å². The summed E-state index contributed by atoms with van der Waals surface area (Å²) in [4.78, 5) is -0.840. The first-order chi connectivity index (χ1) is 38.2. The molecule has 0 amide bonds. The Morgan fingerprint density at radius 3 is 1.60 bits per heavy atom. The maximum absolute atomic E-state index is 13.4. The summed E-state index contributed by atoms with van der Waals surface area (Å²) in [7, 11) is -30.3. The van der Waals surface area contributed by atoms with E-state index in [4.69, 9.17) is 23.2 Å². The van der Waals surface area contributed by atoms with E-state index in [2.05, 4.69) is 40.8 Å². The number of thiophene rings is 1. The Morgan fingerprint density at radius 1 is 0.512 bits per heavy atom. The zero-order chi connectivity index (χ0) is 60.1. The van der Waals surface area contributed by atoms with Gasteiger partial charge in [-0.3, -0.25) is 27.5 Å². The fourth-order valence-electron chi connectivity index (χ4n) is 7.62. The largest absolute Gasteiger partial charge is 0.339 e. The van der Waals surface area contributed by atoms with Crippen LogP contribution in [0.15, 0.2) is 165 Å². The van der Waals surface area contributed by atoms with E-state index in [0.29, 0.717) is 29.5 Å². The van der Waals surface area contributed by atoms with Crippen LogP contribution < -0.4 is 15.4 Å². The van der Waals surface area contributed by atoms with E-state index < -0.39 is 107 Å². The molecule has 36 heteroatoms. The molecule has 0 bridgehead atoms. The monoisotopic (exact) mass is 1290 g/mol. The fourth-order valence-corrected chi connectivity index (χ4v) is 13.7. The van der Waals surface area contributed by atoms with E-state index in [1.165, 1.54) is 67.6 Å². The van der Waals surface area contributed by atoms with Crippen LogP contribution in [-0.4, -0.2) is 78.3 Å². The van der Waals surface area contributed by atoms with E-state index in [-0.39, 0.29) is 82.1 Å². The molecule has 0 atom stereocenters. The van der Waals surface area contributed by atoms with Crippen molar-refractivity contribution in [2.24, 2.45) is 20.5 Å². The lowest BCUT2D eigenvalue weighted by Gasteiger charge is -2.16. The predicted molar refractivity (Wildman–Crippen MR) is 296 cm³/mol. The van der Waals surface area contributed by atoms with Crippen LogP contribution in [0.1, 0.15) is 16.7 Å². The Labute approximate surface area is 478 Å². The molecule has 2 heterocycles. The molecule has 0 unspecified atom stereocenters. The van der Waals surface area contributed by atoms with Gasteiger partial charge in [-0.1, -0.05) is 64.9 Å². The summed E-state index contributed by atoms with van der Waals surface area (Å²) < 4.78 is 203. The van der Waals surface area contributed by atoms with E-state index >= 15 is 0 Å². The molecule has 2 aromatic heterocycles. The Bertz CT molecular complexity index is 4900. The van der Waals surface area contributed by atoms with Crippen LogP contribution in [0.4, 0.5) is 50.1 Å². The standard InChI is InChI=1S/C46H30Cl2N10O17S7/c1-23-33(21-49)43(51-25-10-12-35(47)39(16-25)81(70,71)72)53-44(52-26-11-13-36(48)40(17-26)82(73,74)75)42(23)55-56-45-34(22-50)41(24-6-5-7-27(14-24)58-77(59,60)29-8-3-2-4-9-29)46(76-45)57-54-28-15-31-32(37(18-28)79(64,65)66)19-30(78(61,62)63)20-38(31)80(67,68)69/h2-20,58H,1H3,(H2,51,52,53)(H,61,62,63)(H,64,65,66)(H,67,68,69)(H,70,71,72)(H,73,74,75)/b56-55?,57-54+. The number of aromatic nitrogens is 1. The number of hydrogen-bond donors (Lipinski definition) is 8. The number of fused-ring (bicyclic) bond motifs is 1. The summed E-state index contributed by atoms with van der Waals surface area (Å²) in [6, 6.07) is 25.2. The lowest BCUT2D eigenvalue weighted by molar-refractivity contribution is 0.478.